The summed E-state index contributed by atoms with van der Waals surface area (Å²) in [6.45, 7) is 1.96. The Morgan fingerprint density at radius 3 is 2.64 bits per heavy atom. The Morgan fingerprint density at radius 2 is 1.93 bits per heavy atom. The molecule has 1 atom stereocenters. The molecule has 2 aromatic heterocycles. The third-order valence-electron chi connectivity index (χ3n) is 4.12. The molecule has 0 aliphatic rings. The van der Waals surface area contributed by atoms with E-state index in [9.17, 15) is 18.0 Å². The maximum Gasteiger partial charge on any atom is 0.422 e. The lowest BCUT2D eigenvalue weighted by Crippen LogP contribution is -2.27. The fraction of sp³-hybridized carbons (Fsp3) is 0.250. The first-order valence-corrected chi connectivity index (χ1v) is 8.55. The van der Waals surface area contributed by atoms with Crippen LogP contribution in [0.4, 0.5) is 13.2 Å². The van der Waals surface area contributed by atoms with Gasteiger partial charge in [0.25, 0.3) is 5.91 Å². The van der Waals surface area contributed by atoms with Crippen LogP contribution in [0, 0.1) is 6.92 Å². The van der Waals surface area contributed by atoms with Gasteiger partial charge in [-0.25, -0.2) is 4.98 Å². The van der Waals surface area contributed by atoms with Gasteiger partial charge >= 0.3 is 6.18 Å². The first-order valence-electron chi connectivity index (χ1n) is 8.55. The van der Waals surface area contributed by atoms with Crippen LogP contribution in [0.15, 0.2) is 48.8 Å². The van der Waals surface area contributed by atoms with Crippen LogP contribution in [0.25, 0.3) is 10.9 Å². The molecule has 2 heterocycles. The van der Waals surface area contributed by atoms with Gasteiger partial charge in [-0.1, -0.05) is 18.2 Å². The summed E-state index contributed by atoms with van der Waals surface area (Å²) in [6.07, 6.45) is -1.54. The van der Waals surface area contributed by atoms with Crippen LogP contribution in [0.1, 0.15) is 34.5 Å². The predicted octanol–water partition coefficient (Wildman–Crippen LogP) is 4.37. The zero-order valence-corrected chi connectivity index (χ0v) is 15.2. The molecule has 0 bridgehead atoms. The maximum atomic E-state index is 12.5. The number of pyridine rings is 2. The van der Waals surface area contributed by atoms with Gasteiger partial charge in [0.05, 0.1) is 17.1 Å². The van der Waals surface area contributed by atoms with E-state index in [1.54, 1.807) is 26.0 Å². The molecule has 0 fully saturated rings. The average molecular weight is 389 g/mol. The molecule has 0 spiro atoms. The number of hydrogen-bond donors (Lipinski definition) is 1. The van der Waals surface area contributed by atoms with Gasteiger partial charge in [-0.3, -0.25) is 9.78 Å². The fourth-order valence-corrected chi connectivity index (χ4v) is 2.68. The van der Waals surface area contributed by atoms with Crippen LogP contribution >= 0.6 is 0 Å². The van der Waals surface area contributed by atoms with Crippen molar-refractivity contribution in [1.82, 2.24) is 15.3 Å². The number of fused-ring (bicyclic) bond motifs is 1. The first-order chi connectivity index (χ1) is 13.2. The molecule has 0 aliphatic heterocycles. The largest absolute Gasteiger partial charge is 0.468 e. The quantitative estimate of drug-likeness (QED) is 0.704. The summed E-state index contributed by atoms with van der Waals surface area (Å²) in [5.41, 5.74) is 2.32. The Hall–Kier alpha value is -3.16. The minimum Gasteiger partial charge on any atom is -0.468 e. The number of hydrogen-bond acceptors (Lipinski definition) is 4. The normalized spacial score (nSPS) is 12.6. The van der Waals surface area contributed by atoms with E-state index in [0.29, 0.717) is 16.7 Å². The third kappa shape index (κ3) is 4.76. The molecule has 146 valence electrons. The maximum absolute atomic E-state index is 12.5. The van der Waals surface area contributed by atoms with Crippen molar-refractivity contribution in [3.8, 4) is 5.88 Å². The Morgan fingerprint density at radius 1 is 1.18 bits per heavy atom. The van der Waals surface area contributed by atoms with Gasteiger partial charge in [-0.2, -0.15) is 13.2 Å². The number of aryl methyl sites for hydroxylation is 1. The van der Waals surface area contributed by atoms with Crippen molar-refractivity contribution in [2.75, 3.05) is 6.61 Å². The van der Waals surface area contributed by atoms with Crippen LogP contribution < -0.4 is 10.1 Å². The SMILES string of the molecule is Cc1cc(C(C)NC(=O)c2cnc3ccccc3c2)cnc1OCC(F)(F)F. The molecular formula is C20H18F3N3O2. The smallest absolute Gasteiger partial charge is 0.422 e. The van der Waals surface area contributed by atoms with E-state index in [1.807, 2.05) is 24.3 Å². The minimum absolute atomic E-state index is 0.0849. The van der Waals surface area contributed by atoms with Gasteiger partial charge in [0, 0.05) is 23.3 Å². The molecule has 5 nitrogen and oxygen atoms in total. The lowest BCUT2D eigenvalue weighted by atomic mass is 10.1. The highest BCUT2D eigenvalue weighted by atomic mass is 19.4. The van der Waals surface area contributed by atoms with Crippen LogP contribution in [0.3, 0.4) is 0 Å². The average Bonchev–Trinajstić information content (AvgIpc) is 2.65. The lowest BCUT2D eigenvalue weighted by Gasteiger charge is -2.16. The molecule has 1 amide bonds. The summed E-state index contributed by atoms with van der Waals surface area (Å²) >= 11 is 0. The van der Waals surface area contributed by atoms with Crippen molar-refractivity contribution in [3.05, 3.63) is 65.5 Å². The number of ether oxygens (including phenoxy) is 1. The van der Waals surface area contributed by atoms with E-state index in [0.717, 1.165) is 10.9 Å². The molecule has 3 aromatic rings. The zero-order chi connectivity index (χ0) is 20.3. The molecule has 0 aliphatic carbocycles. The third-order valence-corrected chi connectivity index (χ3v) is 4.12. The highest BCUT2D eigenvalue weighted by molar-refractivity contribution is 5.97. The summed E-state index contributed by atoms with van der Waals surface area (Å²) in [7, 11) is 0. The molecule has 8 heteroatoms. The van der Waals surface area contributed by atoms with Gasteiger partial charge in [0.15, 0.2) is 6.61 Å². The van der Waals surface area contributed by atoms with E-state index in [-0.39, 0.29) is 11.8 Å². The standard InChI is InChI=1S/C20H18F3N3O2/c1-12-7-15(9-25-19(12)28-11-20(21,22)23)13(2)26-18(27)16-8-14-5-3-4-6-17(14)24-10-16/h3-10,13H,11H2,1-2H3,(H,26,27). The molecule has 1 N–H and O–H groups in total. The molecule has 28 heavy (non-hydrogen) atoms. The van der Waals surface area contributed by atoms with Gasteiger partial charge in [-0.15, -0.1) is 0 Å². The number of aromatic nitrogens is 2. The summed E-state index contributed by atoms with van der Waals surface area (Å²) in [5.74, 6) is -0.390. The summed E-state index contributed by atoms with van der Waals surface area (Å²) in [5, 5.41) is 3.69. The van der Waals surface area contributed by atoms with Crippen LogP contribution in [-0.2, 0) is 0 Å². The predicted molar refractivity (Wildman–Crippen MR) is 98.1 cm³/mol. The van der Waals surface area contributed by atoms with Gasteiger partial charge in [-0.05, 0) is 37.6 Å². The van der Waals surface area contributed by atoms with Crippen LogP contribution in [-0.4, -0.2) is 28.7 Å². The van der Waals surface area contributed by atoms with E-state index >= 15 is 0 Å². The van der Waals surface area contributed by atoms with E-state index in [1.165, 1.54) is 12.4 Å². The van der Waals surface area contributed by atoms with E-state index in [2.05, 4.69) is 15.3 Å². The second kappa shape index (κ2) is 7.84. The molecule has 0 radical (unpaired) electrons. The Bertz CT molecular complexity index is 1010. The van der Waals surface area contributed by atoms with Crippen molar-refractivity contribution in [2.24, 2.45) is 0 Å². The molecule has 1 unspecified atom stereocenters. The number of alkyl halides is 3. The van der Waals surface area contributed by atoms with Crippen molar-refractivity contribution < 1.29 is 22.7 Å². The Balaban J connectivity index is 1.70. The number of para-hydroxylation sites is 1. The minimum atomic E-state index is -4.43. The number of nitrogens with one attached hydrogen (secondary N) is 1. The first kappa shape index (κ1) is 19.6. The molecule has 1 aromatic carbocycles. The number of carbonyl (C=O) groups excluding carboxylic acids is 1. The van der Waals surface area contributed by atoms with Crippen LogP contribution in [0.5, 0.6) is 5.88 Å². The monoisotopic (exact) mass is 389 g/mol. The summed E-state index contributed by atoms with van der Waals surface area (Å²) in [6, 6.07) is 10.5. The number of amides is 1. The van der Waals surface area contributed by atoms with Crippen molar-refractivity contribution >= 4 is 16.8 Å². The van der Waals surface area contributed by atoms with Crippen molar-refractivity contribution in [3.63, 3.8) is 0 Å². The highest BCUT2D eigenvalue weighted by Gasteiger charge is 2.29. The molecule has 0 saturated carbocycles. The summed E-state index contributed by atoms with van der Waals surface area (Å²) in [4.78, 5) is 20.7. The van der Waals surface area contributed by atoms with E-state index in [4.69, 9.17) is 4.74 Å². The number of nitrogens with zero attached hydrogens (tertiary/aromatic N) is 2. The topological polar surface area (TPSA) is 64.1 Å². The number of benzene rings is 1. The van der Waals surface area contributed by atoms with Gasteiger partial charge < -0.3 is 10.1 Å². The Labute approximate surface area is 159 Å². The fourth-order valence-electron chi connectivity index (χ4n) is 2.68. The Kier molecular flexibility index (Phi) is 5.48. The summed E-state index contributed by atoms with van der Waals surface area (Å²) < 4.78 is 41.5. The molecule has 0 saturated heterocycles. The number of halogens is 3. The van der Waals surface area contributed by atoms with E-state index < -0.39 is 18.8 Å². The lowest BCUT2D eigenvalue weighted by molar-refractivity contribution is -0.154. The second-order valence-electron chi connectivity index (χ2n) is 6.41. The highest BCUT2D eigenvalue weighted by Crippen LogP contribution is 2.23. The van der Waals surface area contributed by atoms with Gasteiger partial charge in [0.2, 0.25) is 5.88 Å². The van der Waals surface area contributed by atoms with Crippen molar-refractivity contribution in [1.29, 1.82) is 0 Å². The second-order valence-corrected chi connectivity index (χ2v) is 6.41. The molecular weight excluding hydrogens is 371 g/mol. The number of rotatable bonds is 5. The molecule has 3 rings (SSSR count). The van der Waals surface area contributed by atoms with Gasteiger partial charge in [0.1, 0.15) is 0 Å². The van der Waals surface area contributed by atoms with Crippen molar-refractivity contribution in [2.45, 2.75) is 26.1 Å². The van der Waals surface area contributed by atoms with Crippen LogP contribution in [0.2, 0.25) is 0 Å². The zero-order valence-electron chi connectivity index (χ0n) is 15.2. The number of carbonyl (C=O) groups is 1.